The molecule has 6 heteroatoms. The monoisotopic (exact) mass is 342 g/mol. The van der Waals surface area contributed by atoms with E-state index in [1.807, 2.05) is 24.3 Å². The fourth-order valence-corrected chi connectivity index (χ4v) is 3.76. The second-order valence-corrected chi connectivity index (χ2v) is 6.65. The zero-order chi connectivity index (χ0) is 17.3. The van der Waals surface area contributed by atoms with Gasteiger partial charge in [0.1, 0.15) is 17.6 Å². The van der Waals surface area contributed by atoms with Gasteiger partial charge in [-0.1, -0.05) is 18.2 Å². The number of methoxy groups -OCH3 is 1. The Labute approximate surface area is 146 Å². The van der Waals surface area contributed by atoms with Crippen molar-refractivity contribution in [1.82, 2.24) is 10.6 Å². The van der Waals surface area contributed by atoms with Gasteiger partial charge in [-0.2, -0.15) is 0 Å². The number of fused-ring (bicyclic) bond motifs is 2. The molecule has 1 saturated carbocycles. The summed E-state index contributed by atoms with van der Waals surface area (Å²) in [6.45, 7) is 1.04. The van der Waals surface area contributed by atoms with E-state index in [2.05, 4.69) is 16.7 Å². The Kier molecular flexibility index (Phi) is 4.13. The lowest BCUT2D eigenvalue weighted by Crippen LogP contribution is -2.42. The average molecular weight is 342 g/mol. The van der Waals surface area contributed by atoms with E-state index in [9.17, 15) is 4.79 Å². The number of amides is 2. The number of nitrogens with one attached hydrogen (secondary N) is 2. The van der Waals surface area contributed by atoms with Crippen LogP contribution in [0.5, 0.6) is 5.75 Å². The van der Waals surface area contributed by atoms with Gasteiger partial charge in [0.15, 0.2) is 0 Å². The molecule has 3 atom stereocenters. The SMILES string of the molecule is COC[C@H](NC(=O)N[C@@H]1C[C@]12CCOc1ccccc12)c1ccco1. The van der Waals surface area contributed by atoms with Gasteiger partial charge in [0.05, 0.1) is 19.5 Å². The summed E-state index contributed by atoms with van der Waals surface area (Å²) in [7, 11) is 1.60. The molecule has 6 nitrogen and oxygen atoms in total. The topological polar surface area (TPSA) is 72.7 Å². The molecule has 2 aliphatic rings. The minimum absolute atomic E-state index is 0.00756. The molecule has 2 amide bonds. The van der Waals surface area contributed by atoms with Gasteiger partial charge in [0.25, 0.3) is 0 Å². The Morgan fingerprint density at radius 3 is 3.04 bits per heavy atom. The molecule has 132 valence electrons. The van der Waals surface area contributed by atoms with Gasteiger partial charge in [0.2, 0.25) is 0 Å². The van der Waals surface area contributed by atoms with Crippen molar-refractivity contribution in [3.63, 3.8) is 0 Å². The molecule has 25 heavy (non-hydrogen) atoms. The van der Waals surface area contributed by atoms with Gasteiger partial charge in [0, 0.05) is 24.1 Å². The molecule has 1 aliphatic heterocycles. The molecule has 1 aromatic carbocycles. The minimum Gasteiger partial charge on any atom is -0.493 e. The van der Waals surface area contributed by atoms with Gasteiger partial charge < -0.3 is 24.5 Å². The van der Waals surface area contributed by atoms with E-state index in [0.717, 1.165) is 18.6 Å². The average Bonchev–Trinajstić information content (AvgIpc) is 3.05. The van der Waals surface area contributed by atoms with Crippen molar-refractivity contribution < 1.29 is 18.7 Å². The molecule has 0 saturated heterocycles. The van der Waals surface area contributed by atoms with Gasteiger partial charge in [-0.3, -0.25) is 0 Å². The number of hydrogen-bond donors (Lipinski definition) is 2. The van der Waals surface area contributed by atoms with Crippen LogP contribution in [0.2, 0.25) is 0 Å². The van der Waals surface area contributed by atoms with Crippen LogP contribution in [0.1, 0.15) is 30.2 Å². The normalized spacial score (nSPS) is 24.9. The molecule has 0 radical (unpaired) electrons. The van der Waals surface area contributed by atoms with Crippen molar-refractivity contribution in [3.8, 4) is 5.75 Å². The third-order valence-electron chi connectivity index (χ3n) is 5.14. The lowest BCUT2D eigenvalue weighted by atomic mass is 9.89. The van der Waals surface area contributed by atoms with Crippen molar-refractivity contribution in [1.29, 1.82) is 0 Å². The van der Waals surface area contributed by atoms with Crippen molar-refractivity contribution in [2.24, 2.45) is 0 Å². The highest BCUT2D eigenvalue weighted by molar-refractivity contribution is 5.76. The molecule has 2 heterocycles. The fourth-order valence-electron chi connectivity index (χ4n) is 3.76. The van der Waals surface area contributed by atoms with E-state index in [0.29, 0.717) is 19.0 Å². The smallest absolute Gasteiger partial charge is 0.315 e. The van der Waals surface area contributed by atoms with Gasteiger partial charge >= 0.3 is 6.03 Å². The molecule has 0 bridgehead atoms. The number of carbonyl (C=O) groups is 1. The van der Waals surface area contributed by atoms with E-state index in [-0.39, 0.29) is 23.5 Å². The summed E-state index contributed by atoms with van der Waals surface area (Å²) in [5.41, 5.74) is 1.21. The Hall–Kier alpha value is -2.47. The molecule has 1 fully saturated rings. The van der Waals surface area contributed by atoms with Crippen LogP contribution < -0.4 is 15.4 Å². The molecule has 0 unspecified atom stereocenters. The molecule has 2 aromatic rings. The van der Waals surface area contributed by atoms with E-state index >= 15 is 0 Å². The number of carbonyl (C=O) groups excluding carboxylic acids is 1. The molecule has 1 aromatic heterocycles. The van der Waals surface area contributed by atoms with Crippen LogP contribution >= 0.6 is 0 Å². The molecular formula is C19H22N2O4. The Balaban J connectivity index is 1.42. The highest BCUT2D eigenvalue weighted by atomic mass is 16.5. The number of rotatable bonds is 5. The minimum atomic E-state index is -0.309. The summed E-state index contributed by atoms with van der Waals surface area (Å²) in [4.78, 5) is 12.5. The standard InChI is InChI=1S/C19H22N2O4/c1-23-12-14(16-7-4-9-24-16)20-18(22)21-17-11-19(17)8-10-25-15-6-3-2-5-13(15)19/h2-7,9,14,17H,8,10-12H2,1H3,(H2,20,21,22)/t14-,17+,19-/m0/s1. The van der Waals surface area contributed by atoms with Crippen molar-refractivity contribution in [2.75, 3.05) is 20.3 Å². The Morgan fingerprint density at radius 2 is 2.24 bits per heavy atom. The van der Waals surface area contributed by atoms with Crippen molar-refractivity contribution in [3.05, 3.63) is 54.0 Å². The largest absolute Gasteiger partial charge is 0.493 e. The summed E-state index contributed by atoms with van der Waals surface area (Å²) >= 11 is 0. The van der Waals surface area contributed by atoms with Crippen LogP contribution in [-0.2, 0) is 10.2 Å². The van der Waals surface area contributed by atoms with E-state index < -0.39 is 0 Å². The third kappa shape index (κ3) is 2.98. The molecule has 4 rings (SSSR count). The summed E-state index contributed by atoms with van der Waals surface area (Å²) in [5.74, 6) is 1.62. The molecule has 1 spiro atoms. The first-order valence-corrected chi connectivity index (χ1v) is 8.54. The summed E-state index contributed by atoms with van der Waals surface area (Å²) in [5, 5.41) is 6.04. The predicted molar refractivity (Wildman–Crippen MR) is 91.6 cm³/mol. The number of para-hydroxylation sites is 1. The molecular weight excluding hydrogens is 320 g/mol. The number of furan rings is 1. The maximum Gasteiger partial charge on any atom is 0.315 e. The lowest BCUT2D eigenvalue weighted by molar-refractivity contribution is 0.156. The zero-order valence-corrected chi connectivity index (χ0v) is 14.2. The van der Waals surface area contributed by atoms with Crippen LogP contribution in [0.15, 0.2) is 47.1 Å². The maximum atomic E-state index is 12.5. The summed E-state index contributed by atoms with van der Waals surface area (Å²) in [6.07, 6.45) is 3.46. The second kappa shape index (κ2) is 6.44. The molecule has 1 aliphatic carbocycles. The Morgan fingerprint density at radius 1 is 1.36 bits per heavy atom. The van der Waals surface area contributed by atoms with Crippen molar-refractivity contribution in [2.45, 2.75) is 30.3 Å². The van der Waals surface area contributed by atoms with Crippen LogP contribution in [0, 0.1) is 0 Å². The van der Waals surface area contributed by atoms with E-state index in [1.165, 1.54) is 5.56 Å². The van der Waals surface area contributed by atoms with Crippen LogP contribution in [0.3, 0.4) is 0 Å². The van der Waals surface area contributed by atoms with Gasteiger partial charge in [-0.15, -0.1) is 0 Å². The highest BCUT2D eigenvalue weighted by Gasteiger charge is 2.58. The van der Waals surface area contributed by atoms with Crippen molar-refractivity contribution >= 4 is 6.03 Å². The van der Waals surface area contributed by atoms with Crippen LogP contribution in [0.4, 0.5) is 4.79 Å². The highest BCUT2D eigenvalue weighted by Crippen LogP contribution is 2.55. The van der Waals surface area contributed by atoms with E-state index in [4.69, 9.17) is 13.9 Å². The first-order chi connectivity index (χ1) is 12.2. The summed E-state index contributed by atoms with van der Waals surface area (Å²) < 4.78 is 16.3. The van der Waals surface area contributed by atoms with Crippen LogP contribution in [0.25, 0.3) is 0 Å². The third-order valence-corrected chi connectivity index (χ3v) is 5.14. The lowest BCUT2D eigenvalue weighted by Gasteiger charge is -2.27. The van der Waals surface area contributed by atoms with Gasteiger partial charge in [-0.05, 0) is 31.0 Å². The van der Waals surface area contributed by atoms with Gasteiger partial charge in [-0.25, -0.2) is 4.79 Å². The first kappa shape index (κ1) is 16.0. The number of ether oxygens (including phenoxy) is 2. The zero-order valence-electron chi connectivity index (χ0n) is 14.2. The van der Waals surface area contributed by atoms with E-state index in [1.54, 1.807) is 19.4 Å². The Bertz CT molecular complexity index is 746. The first-order valence-electron chi connectivity index (χ1n) is 8.54. The second-order valence-electron chi connectivity index (χ2n) is 6.65. The summed E-state index contributed by atoms with van der Waals surface area (Å²) in [6, 6.07) is 11.3. The number of benzene rings is 1. The predicted octanol–water partition coefficient (Wildman–Crippen LogP) is 2.76. The fraction of sp³-hybridized carbons (Fsp3) is 0.421. The number of hydrogen-bond acceptors (Lipinski definition) is 4. The van der Waals surface area contributed by atoms with Crippen LogP contribution in [-0.4, -0.2) is 32.4 Å². The number of urea groups is 1. The quantitative estimate of drug-likeness (QED) is 0.876. The molecule has 2 N–H and O–H groups in total. The maximum absolute atomic E-state index is 12.5.